The number of aliphatic hydroxyl groups excluding tert-OH is 1. The van der Waals surface area contributed by atoms with Crippen LogP contribution in [0.3, 0.4) is 0 Å². The van der Waals surface area contributed by atoms with E-state index < -0.39 is 0 Å². The maximum absolute atomic E-state index is 9.91. The molecular formula is C12H21N3O. The van der Waals surface area contributed by atoms with E-state index in [0.29, 0.717) is 12.3 Å². The van der Waals surface area contributed by atoms with Gasteiger partial charge in [-0.05, 0) is 18.3 Å². The van der Waals surface area contributed by atoms with Crippen molar-refractivity contribution in [2.75, 3.05) is 0 Å². The summed E-state index contributed by atoms with van der Waals surface area (Å²) in [7, 11) is 0. The fourth-order valence-corrected chi connectivity index (χ4v) is 1.98. The Morgan fingerprint density at radius 2 is 2.25 bits per heavy atom. The molecule has 0 saturated heterocycles. The zero-order chi connectivity index (χ0) is 11.5. The molecule has 4 nitrogen and oxygen atoms in total. The van der Waals surface area contributed by atoms with E-state index in [1.54, 1.807) is 6.33 Å². The van der Waals surface area contributed by atoms with Crippen LogP contribution in [-0.4, -0.2) is 26.0 Å². The second-order valence-corrected chi connectivity index (χ2v) is 5.29. The molecule has 1 fully saturated rings. The summed E-state index contributed by atoms with van der Waals surface area (Å²) in [6.07, 6.45) is 5.48. The molecule has 1 aromatic rings. The van der Waals surface area contributed by atoms with E-state index in [1.807, 2.05) is 4.68 Å². The van der Waals surface area contributed by atoms with Crippen molar-refractivity contribution in [2.45, 2.75) is 52.2 Å². The van der Waals surface area contributed by atoms with Gasteiger partial charge >= 0.3 is 0 Å². The van der Waals surface area contributed by atoms with Crippen LogP contribution in [-0.2, 0) is 13.0 Å². The van der Waals surface area contributed by atoms with Gasteiger partial charge in [-0.2, -0.15) is 5.10 Å². The van der Waals surface area contributed by atoms with Crippen molar-refractivity contribution >= 4 is 0 Å². The molecule has 90 valence electrons. The lowest BCUT2D eigenvalue weighted by atomic mass is 10.1. The average Bonchev–Trinajstić information content (AvgIpc) is 2.89. The van der Waals surface area contributed by atoms with Crippen molar-refractivity contribution in [3.63, 3.8) is 0 Å². The smallest absolute Gasteiger partial charge is 0.138 e. The molecule has 1 unspecified atom stereocenters. The van der Waals surface area contributed by atoms with Crippen molar-refractivity contribution in [3.05, 3.63) is 12.2 Å². The van der Waals surface area contributed by atoms with Crippen LogP contribution in [0.15, 0.2) is 6.33 Å². The highest BCUT2D eigenvalue weighted by Crippen LogP contribution is 2.33. The van der Waals surface area contributed by atoms with E-state index in [0.717, 1.165) is 24.7 Å². The molecular weight excluding hydrogens is 202 g/mol. The highest BCUT2D eigenvalue weighted by atomic mass is 16.3. The largest absolute Gasteiger partial charge is 0.393 e. The van der Waals surface area contributed by atoms with Crippen LogP contribution in [0.5, 0.6) is 0 Å². The fourth-order valence-electron chi connectivity index (χ4n) is 1.98. The molecule has 1 aliphatic rings. The van der Waals surface area contributed by atoms with Gasteiger partial charge < -0.3 is 5.11 Å². The Morgan fingerprint density at radius 3 is 2.88 bits per heavy atom. The zero-order valence-electron chi connectivity index (χ0n) is 10.1. The third kappa shape index (κ3) is 3.30. The van der Waals surface area contributed by atoms with E-state index in [1.165, 1.54) is 12.8 Å². The second-order valence-electron chi connectivity index (χ2n) is 5.29. The predicted molar refractivity (Wildman–Crippen MR) is 61.9 cm³/mol. The summed E-state index contributed by atoms with van der Waals surface area (Å²) in [5.41, 5.74) is 0. The first-order chi connectivity index (χ1) is 7.65. The molecule has 0 spiro atoms. The Kier molecular flexibility index (Phi) is 3.59. The first kappa shape index (κ1) is 11.6. The van der Waals surface area contributed by atoms with Gasteiger partial charge in [0, 0.05) is 13.0 Å². The van der Waals surface area contributed by atoms with Crippen LogP contribution < -0.4 is 0 Å². The average molecular weight is 223 g/mol. The molecule has 1 aliphatic carbocycles. The first-order valence-electron chi connectivity index (χ1n) is 6.20. The first-order valence-corrected chi connectivity index (χ1v) is 6.20. The summed E-state index contributed by atoms with van der Waals surface area (Å²) >= 11 is 0. The van der Waals surface area contributed by atoms with Gasteiger partial charge in [-0.15, -0.1) is 0 Å². The normalized spacial score (nSPS) is 18.0. The Bertz CT molecular complexity index is 331. The monoisotopic (exact) mass is 223 g/mol. The van der Waals surface area contributed by atoms with Gasteiger partial charge in [-0.1, -0.05) is 26.7 Å². The highest BCUT2D eigenvalue weighted by molar-refractivity contribution is 4.89. The number of hydrogen-bond acceptors (Lipinski definition) is 3. The van der Waals surface area contributed by atoms with Crippen molar-refractivity contribution in [2.24, 2.45) is 11.8 Å². The fraction of sp³-hybridized carbons (Fsp3) is 0.833. The summed E-state index contributed by atoms with van der Waals surface area (Å²) in [6.45, 7) is 5.20. The van der Waals surface area contributed by atoms with Gasteiger partial charge in [-0.25, -0.2) is 9.67 Å². The van der Waals surface area contributed by atoms with Crippen LogP contribution in [0.25, 0.3) is 0 Å². The molecule has 1 saturated carbocycles. The molecule has 1 N–H and O–H groups in total. The lowest BCUT2D eigenvalue weighted by Crippen LogP contribution is -2.17. The predicted octanol–water partition coefficient (Wildman–Crippen LogP) is 1.64. The Hall–Kier alpha value is -0.900. The number of rotatable bonds is 6. The van der Waals surface area contributed by atoms with Crippen LogP contribution in [0, 0.1) is 11.8 Å². The molecule has 1 aromatic heterocycles. The summed E-state index contributed by atoms with van der Waals surface area (Å²) in [5.74, 6) is 2.24. The van der Waals surface area contributed by atoms with Crippen molar-refractivity contribution in [1.82, 2.24) is 14.8 Å². The van der Waals surface area contributed by atoms with Crippen LogP contribution in [0.2, 0.25) is 0 Å². The minimum Gasteiger partial charge on any atom is -0.393 e. The molecule has 0 radical (unpaired) electrons. The van der Waals surface area contributed by atoms with Crippen LogP contribution in [0.1, 0.15) is 38.9 Å². The molecule has 1 heterocycles. The number of aliphatic hydroxyl groups is 1. The van der Waals surface area contributed by atoms with Crippen LogP contribution >= 0.6 is 0 Å². The molecule has 1 atom stereocenters. The molecule has 0 aliphatic heterocycles. The van der Waals surface area contributed by atoms with E-state index >= 15 is 0 Å². The van der Waals surface area contributed by atoms with Gasteiger partial charge in [-0.3, -0.25) is 0 Å². The third-order valence-electron chi connectivity index (χ3n) is 2.95. The van der Waals surface area contributed by atoms with Gasteiger partial charge in [0.1, 0.15) is 12.2 Å². The topological polar surface area (TPSA) is 50.9 Å². The van der Waals surface area contributed by atoms with E-state index in [9.17, 15) is 5.11 Å². The second kappa shape index (κ2) is 4.95. The summed E-state index contributed by atoms with van der Waals surface area (Å²) in [6, 6.07) is 0. The maximum Gasteiger partial charge on any atom is 0.138 e. The van der Waals surface area contributed by atoms with Gasteiger partial charge in [0.25, 0.3) is 0 Å². The number of aromatic nitrogens is 3. The van der Waals surface area contributed by atoms with E-state index in [2.05, 4.69) is 23.9 Å². The molecule has 0 bridgehead atoms. The van der Waals surface area contributed by atoms with E-state index in [-0.39, 0.29) is 6.10 Å². The highest BCUT2D eigenvalue weighted by Gasteiger charge is 2.25. The number of nitrogens with zero attached hydrogens (tertiary/aromatic N) is 3. The van der Waals surface area contributed by atoms with Gasteiger partial charge in [0.2, 0.25) is 0 Å². The molecule has 0 amide bonds. The summed E-state index contributed by atoms with van der Waals surface area (Å²) < 4.78 is 1.92. The zero-order valence-corrected chi connectivity index (χ0v) is 10.1. The lowest BCUT2D eigenvalue weighted by molar-refractivity contribution is 0.153. The van der Waals surface area contributed by atoms with E-state index in [4.69, 9.17) is 0 Å². The molecule has 16 heavy (non-hydrogen) atoms. The Morgan fingerprint density at radius 1 is 1.50 bits per heavy atom. The number of hydrogen-bond donors (Lipinski definition) is 1. The standard InChI is InChI=1S/C12H21N3O/c1-9(2)7-15-12(13-8-14-15)6-11(16)5-10-3-4-10/h8-11,16H,3-7H2,1-2H3. The van der Waals surface area contributed by atoms with Gasteiger partial charge in [0.15, 0.2) is 0 Å². The van der Waals surface area contributed by atoms with Crippen molar-refractivity contribution in [3.8, 4) is 0 Å². The van der Waals surface area contributed by atoms with Crippen LogP contribution in [0.4, 0.5) is 0 Å². The maximum atomic E-state index is 9.91. The van der Waals surface area contributed by atoms with Crippen molar-refractivity contribution < 1.29 is 5.11 Å². The quantitative estimate of drug-likeness (QED) is 0.797. The minimum absolute atomic E-state index is 0.248. The third-order valence-corrected chi connectivity index (χ3v) is 2.95. The molecule has 0 aromatic carbocycles. The van der Waals surface area contributed by atoms with Gasteiger partial charge in [0.05, 0.1) is 6.10 Å². The SMILES string of the molecule is CC(C)Cn1ncnc1CC(O)CC1CC1. The Balaban J connectivity index is 1.89. The molecule has 2 rings (SSSR count). The lowest BCUT2D eigenvalue weighted by Gasteiger charge is -2.12. The minimum atomic E-state index is -0.248. The molecule has 4 heteroatoms. The summed E-state index contributed by atoms with van der Waals surface area (Å²) in [5, 5.41) is 14.1. The Labute approximate surface area is 96.7 Å². The van der Waals surface area contributed by atoms with Crippen molar-refractivity contribution in [1.29, 1.82) is 0 Å². The summed E-state index contributed by atoms with van der Waals surface area (Å²) in [4.78, 5) is 4.23.